The zero-order valence-electron chi connectivity index (χ0n) is 9.89. The number of rotatable bonds is 4. The summed E-state index contributed by atoms with van der Waals surface area (Å²) in [7, 11) is 1.80. The number of aromatic nitrogens is 3. The molecule has 0 atom stereocenters. The first-order valence-electron chi connectivity index (χ1n) is 5.47. The van der Waals surface area contributed by atoms with Crippen LogP contribution in [0, 0.1) is 17.1 Å². The molecule has 1 heterocycles. The SMILES string of the molecule is Cn1cnc(CCNc2ccc(F)cc2C#N)n1. The molecule has 6 heteroatoms. The minimum absolute atomic E-state index is 0.295. The third-order valence-corrected chi connectivity index (χ3v) is 2.41. The molecule has 1 aromatic carbocycles. The number of halogens is 1. The van der Waals surface area contributed by atoms with E-state index in [1.54, 1.807) is 24.1 Å². The molecule has 0 fully saturated rings. The zero-order chi connectivity index (χ0) is 13.0. The number of nitrogens with zero attached hydrogens (tertiary/aromatic N) is 4. The van der Waals surface area contributed by atoms with Gasteiger partial charge in [-0.25, -0.2) is 9.37 Å². The molecular formula is C12H12FN5. The molecule has 0 spiro atoms. The summed E-state index contributed by atoms with van der Waals surface area (Å²) >= 11 is 0. The largest absolute Gasteiger partial charge is 0.384 e. The molecule has 1 N–H and O–H groups in total. The zero-order valence-corrected chi connectivity index (χ0v) is 9.89. The lowest BCUT2D eigenvalue weighted by Crippen LogP contribution is -2.07. The van der Waals surface area contributed by atoms with Crippen molar-refractivity contribution in [2.45, 2.75) is 6.42 Å². The Balaban J connectivity index is 1.96. The Kier molecular flexibility index (Phi) is 3.53. The van der Waals surface area contributed by atoms with Crippen molar-refractivity contribution in [3.8, 4) is 6.07 Å². The normalized spacial score (nSPS) is 10.1. The van der Waals surface area contributed by atoms with Gasteiger partial charge in [0.25, 0.3) is 0 Å². The maximum absolute atomic E-state index is 12.9. The van der Waals surface area contributed by atoms with Gasteiger partial charge in [-0.2, -0.15) is 10.4 Å². The Labute approximate surface area is 104 Å². The summed E-state index contributed by atoms with van der Waals surface area (Å²) in [6.07, 6.45) is 2.27. The standard InChI is InChI=1S/C12H12FN5/c1-18-8-16-12(17-18)4-5-15-11-3-2-10(13)6-9(11)7-14/h2-3,6,8,15H,4-5H2,1H3. The molecule has 0 radical (unpaired) electrons. The predicted octanol–water partition coefficient (Wildman–Crippen LogP) is 1.48. The molecule has 0 aliphatic rings. The molecule has 92 valence electrons. The molecule has 0 unspecified atom stereocenters. The summed E-state index contributed by atoms with van der Waals surface area (Å²) in [6, 6.07) is 6.04. The van der Waals surface area contributed by atoms with Gasteiger partial charge in [-0.05, 0) is 18.2 Å². The second-order valence-corrected chi connectivity index (χ2v) is 3.81. The van der Waals surface area contributed by atoms with Gasteiger partial charge >= 0.3 is 0 Å². The van der Waals surface area contributed by atoms with Crippen LogP contribution in [-0.4, -0.2) is 21.3 Å². The first kappa shape index (κ1) is 12.0. The van der Waals surface area contributed by atoms with Crippen LogP contribution < -0.4 is 5.32 Å². The van der Waals surface area contributed by atoms with E-state index in [0.29, 0.717) is 24.2 Å². The third-order valence-electron chi connectivity index (χ3n) is 2.41. The monoisotopic (exact) mass is 245 g/mol. The maximum atomic E-state index is 12.9. The highest BCUT2D eigenvalue weighted by Gasteiger charge is 2.04. The fraction of sp³-hybridized carbons (Fsp3) is 0.250. The predicted molar refractivity (Wildman–Crippen MR) is 64.3 cm³/mol. The molecule has 0 saturated carbocycles. The Morgan fingerprint density at radius 3 is 3.00 bits per heavy atom. The second-order valence-electron chi connectivity index (χ2n) is 3.81. The van der Waals surface area contributed by atoms with Crippen LogP contribution in [0.25, 0.3) is 0 Å². The number of aryl methyl sites for hydroxylation is 1. The summed E-state index contributed by atoms with van der Waals surface area (Å²) in [4.78, 5) is 4.09. The minimum atomic E-state index is -0.413. The summed E-state index contributed by atoms with van der Waals surface area (Å²) in [5.41, 5.74) is 0.916. The van der Waals surface area contributed by atoms with Crippen LogP contribution in [0.15, 0.2) is 24.5 Å². The number of anilines is 1. The fourth-order valence-corrected chi connectivity index (χ4v) is 1.57. The van der Waals surface area contributed by atoms with Crippen molar-refractivity contribution in [1.82, 2.24) is 14.8 Å². The van der Waals surface area contributed by atoms with Crippen molar-refractivity contribution in [3.63, 3.8) is 0 Å². The Morgan fingerprint density at radius 1 is 1.50 bits per heavy atom. The van der Waals surface area contributed by atoms with E-state index in [2.05, 4.69) is 15.4 Å². The van der Waals surface area contributed by atoms with Crippen LogP contribution in [0.1, 0.15) is 11.4 Å². The van der Waals surface area contributed by atoms with Crippen LogP contribution in [0.4, 0.5) is 10.1 Å². The van der Waals surface area contributed by atoms with Crippen molar-refractivity contribution in [2.75, 3.05) is 11.9 Å². The summed E-state index contributed by atoms with van der Waals surface area (Å²) < 4.78 is 14.6. The lowest BCUT2D eigenvalue weighted by molar-refractivity contribution is 0.627. The first-order valence-corrected chi connectivity index (χ1v) is 5.47. The van der Waals surface area contributed by atoms with E-state index < -0.39 is 5.82 Å². The van der Waals surface area contributed by atoms with Crippen LogP contribution in [0.3, 0.4) is 0 Å². The molecule has 0 amide bonds. The van der Waals surface area contributed by atoms with E-state index in [-0.39, 0.29) is 0 Å². The minimum Gasteiger partial charge on any atom is -0.384 e. The number of benzene rings is 1. The highest BCUT2D eigenvalue weighted by Crippen LogP contribution is 2.15. The summed E-state index contributed by atoms with van der Waals surface area (Å²) in [5.74, 6) is 0.314. The summed E-state index contributed by atoms with van der Waals surface area (Å²) in [5, 5.41) is 16.1. The molecule has 0 aliphatic heterocycles. The van der Waals surface area contributed by atoms with Gasteiger partial charge < -0.3 is 5.32 Å². The Bertz CT molecular complexity index is 584. The molecule has 2 aromatic rings. The second kappa shape index (κ2) is 5.27. The van der Waals surface area contributed by atoms with E-state index in [0.717, 1.165) is 5.82 Å². The van der Waals surface area contributed by atoms with Crippen molar-refractivity contribution in [3.05, 3.63) is 41.7 Å². The third kappa shape index (κ3) is 2.83. The highest BCUT2D eigenvalue weighted by atomic mass is 19.1. The lowest BCUT2D eigenvalue weighted by Gasteiger charge is -2.06. The molecule has 0 saturated heterocycles. The summed E-state index contributed by atoms with van der Waals surface area (Å²) in [6.45, 7) is 0.588. The molecule has 5 nitrogen and oxygen atoms in total. The molecule has 18 heavy (non-hydrogen) atoms. The van der Waals surface area contributed by atoms with E-state index in [4.69, 9.17) is 5.26 Å². The maximum Gasteiger partial charge on any atom is 0.152 e. The number of hydrogen-bond donors (Lipinski definition) is 1. The smallest absolute Gasteiger partial charge is 0.152 e. The average molecular weight is 245 g/mol. The number of nitriles is 1. The van der Waals surface area contributed by atoms with Gasteiger partial charge in [-0.15, -0.1) is 0 Å². The van der Waals surface area contributed by atoms with Crippen molar-refractivity contribution in [2.24, 2.45) is 7.05 Å². The average Bonchev–Trinajstić information content (AvgIpc) is 2.77. The van der Waals surface area contributed by atoms with Gasteiger partial charge in [0.15, 0.2) is 5.82 Å². The highest BCUT2D eigenvalue weighted by molar-refractivity contribution is 5.57. The van der Waals surface area contributed by atoms with E-state index in [1.807, 2.05) is 6.07 Å². The van der Waals surface area contributed by atoms with Crippen LogP contribution >= 0.6 is 0 Å². The molecule has 0 aliphatic carbocycles. The van der Waals surface area contributed by atoms with Crippen LogP contribution in [0.5, 0.6) is 0 Å². The topological polar surface area (TPSA) is 66.5 Å². The van der Waals surface area contributed by atoms with Gasteiger partial charge in [0, 0.05) is 20.0 Å². The quantitative estimate of drug-likeness (QED) is 0.886. The number of nitrogens with one attached hydrogen (secondary N) is 1. The molecular weight excluding hydrogens is 233 g/mol. The first-order chi connectivity index (χ1) is 8.69. The van der Waals surface area contributed by atoms with Crippen LogP contribution in [-0.2, 0) is 13.5 Å². The Hall–Kier alpha value is -2.42. The van der Waals surface area contributed by atoms with Crippen molar-refractivity contribution < 1.29 is 4.39 Å². The Morgan fingerprint density at radius 2 is 2.33 bits per heavy atom. The van der Waals surface area contributed by atoms with E-state index >= 15 is 0 Å². The lowest BCUT2D eigenvalue weighted by atomic mass is 10.2. The fourth-order valence-electron chi connectivity index (χ4n) is 1.57. The molecule has 0 bridgehead atoms. The van der Waals surface area contributed by atoms with Gasteiger partial charge in [0.2, 0.25) is 0 Å². The molecule has 1 aromatic heterocycles. The van der Waals surface area contributed by atoms with E-state index in [9.17, 15) is 4.39 Å². The van der Waals surface area contributed by atoms with Gasteiger partial charge in [-0.3, -0.25) is 4.68 Å². The number of hydrogen-bond acceptors (Lipinski definition) is 4. The molecule has 2 rings (SSSR count). The van der Waals surface area contributed by atoms with Crippen molar-refractivity contribution >= 4 is 5.69 Å². The van der Waals surface area contributed by atoms with Gasteiger partial charge in [0.1, 0.15) is 18.2 Å². The van der Waals surface area contributed by atoms with Crippen LogP contribution in [0.2, 0.25) is 0 Å². The van der Waals surface area contributed by atoms with Gasteiger partial charge in [0.05, 0.1) is 11.3 Å². The van der Waals surface area contributed by atoms with Crippen molar-refractivity contribution in [1.29, 1.82) is 5.26 Å². The van der Waals surface area contributed by atoms with E-state index in [1.165, 1.54) is 12.1 Å². The van der Waals surface area contributed by atoms with Gasteiger partial charge in [-0.1, -0.05) is 0 Å².